The van der Waals surface area contributed by atoms with Crippen molar-refractivity contribution in [1.82, 2.24) is 25.3 Å². The van der Waals surface area contributed by atoms with Crippen LogP contribution in [0.4, 0.5) is 20.8 Å². The van der Waals surface area contributed by atoms with E-state index in [1.807, 2.05) is 40.9 Å². The molecule has 1 aliphatic rings. The third-order valence-electron chi connectivity index (χ3n) is 3.87. The van der Waals surface area contributed by atoms with Crippen molar-refractivity contribution in [3.8, 4) is 0 Å². The Bertz CT molecular complexity index is 876. The molecule has 0 atom stereocenters. The Labute approximate surface area is 245 Å². The summed E-state index contributed by atoms with van der Waals surface area (Å²) < 4.78 is 21.9. The van der Waals surface area contributed by atoms with E-state index in [0.717, 1.165) is 17.7 Å². The minimum absolute atomic E-state index is 0. The van der Waals surface area contributed by atoms with Gasteiger partial charge in [-0.25, -0.2) is 9.18 Å². The number of hydrogen-bond acceptors (Lipinski definition) is 9. The Morgan fingerprint density at radius 2 is 1.78 bits per heavy atom. The number of aromatic nitrogens is 2. The average Bonchev–Trinajstić information content (AvgIpc) is 3.52. The molecular formula is C25H40FN6O2OsS2-3. The molecule has 1 aromatic heterocycles. The number of amides is 1. The molecule has 4 N–H and O–H groups in total. The van der Waals surface area contributed by atoms with E-state index in [0.29, 0.717) is 17.7 Å². The summed E-state index contributed by atoms with van der Waals surface area (Å²) in [5, 5.41) is 8.31. The van der Waals surface area contributed by atoms with Gasteiger partial charge in [-0.15, -0.1) is 18.0 Å². The Balaban J connectivity index is 0. The number of nitrogens with zero attached hydrogens (tertiary/aromatic N) is 2. The largest absolute Gasteiger partial charge is 0.508 e. The van der Waals surface area contributed by atoms with Gasteiger partial charge in [0.1, 0.15) is 5.82 Å². The normalized spacial score (nSPS) is 12.6. The number of ether oxygens (including phenoxy) is 1. The average molecular weight is 730 g/mol. The van der Waals surface area contributed by atoms with E-state index < -0.39 is 11.7 Å². The predicted molar refractivity (Wildman–Crippen MR) is 151 cm³/mol. The molecule has 212 valence electrons. The third-order valence-corrected chi connectivity index (χ3v) is 4.94. The maximum absolute atomic E-state index is 13.9. The van der Waals surface area contributed by atoms with Crippen LogP contribution < -0.4 is 20.7 Å². The SMILES string of the molecule is CC(C)NSc1ccc(Nc2nc[c-]cn2)c(F)c1.CNC.CS.[CH2-]C([CH2-])(C)OC(=O)NC1(C)CC1.[Os]. The second-order valence-corrected chi connectivity index (χ2v) is 9.58. The van der Waals surface area contributed by atoms with Crippen molar-refractivity contribution < 1.29 is 33.7 Å². The standard InChI is InChI=1S/C13H14FN4S.C9H15NO2.C2H7N.CH4S.Os/c1-9(2)18-19-10-4-5-12(11(14)8-10)17-13-15-6-3-7-16-13;1-8(2,3)12-7(11)10-9(4)5-6-9;1-3-2;1-2;/h4-9,18H,1-2H3,(H,15,16,17);1-2,5-6H2,3-4H3,(H,10,11);3H,1-2H3;2H,1H3;/q-1;-2;;;. The fraction of sp³-hybridized carbons (Fsp3) is 0.480. The third kappa shape index (κ3) is 19.3. The number of anilines is 2. The van der Waals surface area contributed by atoms with E-state index in [4.69, 9.17) is 4.74 Å². The van der Waals surface area contributed by atoms with Crippen molar-refractivity contribution in [2.24, 2.45) is 0 Å². The van der Waals surface area contributed by atoms with Crippen molar-refractivity contribution in [3.63, 3.8) is 0 Å². The Morgan fingerprint density at radius 1 is 1.24 bits per heavy atom. The fourth-order valence-electron chi connectivity index (χ4n) is 2.10. The van der Waals surface area contributed by atoms with Crippen LogP contribution in [0.25, 0.3) is 0 Å². The minimum Gasteiger partial charge on any atom is -0.508 e. The van der Waals surface area contributed by atoms with E-state index in [1.165, 1.54) is 30.4 Å². The summed E-state index contributed by atoms with van der Waals surface area (Å²) in [5.41, 5.74) is -0.586. The Morgan fingerprint density at radius 3 is 2.22 bits per heavy atom. The quantitative estimate of drug-likeness (QED) is 0.150. The number of halogens is 1. The zero-order valence-corrected chi connectivity index (χ0v) is 26.8. The summed E-state index contributed by atoms with van der Waals surface area (Å²) in [6.07, 6.45) is 6.26. The van der Waals surface area contributed by atoms with Gasteiger partial charge in [0, 0.05) is 36.3 Å². The van der Waals surface area contributed by atoms with E-state index in [2.05, 4.69) is 63.2 Å². The zero-order valence-electron chi connectivity index (χ0n) is 22.6. The maximum atomic E-state index is 13.9. The van der Waals surface area contributed by atoms with Crippen molar-refractivity contribution in [2.75, 3.05) is 25.7 Å². The summed E-state index contributed by atoms with van der Waals surface area (Å²) >= 11 is 4.93. The van der Waals surface area contributed by atoms with Crippen LogP contribution in [0.15, 0.2) is 35.5 Å². The molecule has 12 heteroatoms. The van der Waals surface area contributed by atoms with Crippen LogP contribution >= 0.6 is 24.6 Å². The maximum Gasteiger partial charge on any atom is 0.402 e. The molecule has 3 rings (SSSR count). The molecule has 1 saturated carbocycles. The van der Waals surface area contributed by atoms with Crippen LogP contribution in [0.3, 0.4) is 0 Å². The van der Waals surface area contributed by atoms with E-state index in [9.17, 15) is 9.18 Å². The molecule has 1 heterocycles. The van der Waals surface area contributed by atoms with Crippen LogP contribution in [0.1, 0.15) is 40.5 Å². The van der Waals surface area contributed by atoms with Crippen molar-refractivity contribution >= 4 is 42.3 Å². The molecule has 2 aromatic rings. The van der Waals surface area contributed by atoms with Gasteiger partial charge < -0.3 is 40.6 Å². The number of alkyl carbamates (subject to hydrolysis) is 1. The van der Waals surface area contributed by atoms with Gasteiger partial charge >= 0.3 is 6.09 Å². The molecule has 8 nitrogen and oxygen atoms in total. The van der Waals surface area contributed by atoms with Gasteiger partial charge in [-0.3, -0.25) is 14.7 Å². The van der Waals surface area contributed by atoms with Gasteiger partial charge in [0.15, 0.2) is 0 Å². The minimum atomic E-state index is -0.894. The van der Waals surface area contributed by atoms with Crippen molar-refractivity contribution in [1.29, 1.82) is 0 Å². The monoisotopic (exact) mass is 731 g/mol. The van der Waals surface area contributed by atoms with Gasteiger partial charge in [0.05, 0.1) is 5.69 Å². The van der Waals surface area contributed by atoms with Crippen LogP contribution in [-0.2, 0) is 24.5 Å². The van der Waals surface area contributed by atoms with E-state index in [1.54, 1.807) is 19.2 Å². The fourth-order valence-corrected chi connectivity index (χ4v) is 2.77. The first-order valence-corrected chi connectivity index (χ1v) is 13.0. The van der Waals surface area contributed by atoms with Crippen LogP contribution in [0.5, 0.6) is 0 Å². The second-order valence-electron chi connectivity index (χ2n) is 8.67. The second kappa shape index (κ2) is 19.6. The van der Waals surface area contributed by atoms with E-state index in [-0.39, 0.29) is 31.1 Å². The van der Waals surface area contributed by atoms with Gasteiger partial charge in [-0.05, 0) is 84.1 Å². The number of benzene rings is 1. The Hall–Kier alpha value is -1.44. The molecule has 0 radical (unpaired) electrons. The number of nitrogens with one attached hydrogen (secondary N) is 4. The number of carbonyl (C=O) groups excluding carboxylic acids is 1. The number of carbonyl (C=O) groups is 1. The number of hydrogen-bond donors (Lipinski definition) is 5. The molecule has 0 unspecified atom stereocenters. The smallest absolute Gasteiger partial charge is 0.402 e. The summed E-state index contributed by atoms with van der Waals surface area (Å²) in [5.74, 6) is 0.00495. The molecular weight excluding hydrogens is 690 g/mol. The topological polar surface area (TPSA) is 100 Å². The van der Waals surface area contributed by atoms with Crippen LogP contribution in [0, 0.1) is 25.7 Å². The summed E-state index contributed by atoms with van der Waals surface area (Å²) in [4.78, 5) is 19.8. The van der Waals surface area contributed by atoms with Gasteiger partial charge in [-0.1, -0.05) is 6.92 Å². The molecule has 0 aliphatic heterocycles. The first-order chi connectivity index (χ1) is 16.9. The molecule has 1 amide bonds. The van der Waals surface area contributed by atoms with Gasteiger partial charge in [-0.2, -0.15) is 12.6 Å². The molecule has 37 heavy (non-hydrogen) atoms. The van der Waals surface area contributed by atoms with Crippen LogP contribution in [0.2, 0.25) is 0 Å². The summed E-state index contributed by atoms with van der Waals surface area (Å²) in [6.45, 7) is 14.8. The number of thiol groups is 1. The zero-order chi connectivity index (χ0) is 27.8. The van der Waals surface area contributed by atoms with Gasteiger partial charge in [0.2, 0.25) is 5.95 Å². The molecule has 0 bridgehead atoms. The predicted octanol–water partition coefficient (Wildman–Crippen LogP) is 5.24. The first kappa shape index (κ1) is 37.7. The van der Waals surface area contributed by atoms with Crippen LogP contribution in [-0.4, -0.2) is 53.6 Å². The Kier molecular flexibility index (Phi) is 20.0. The molecule has 1 aromatic carbocycles. The van der Waals surface area contributed by atoms with Crippen molar-refractivity contribution in [3.05, 3.63) is 56.3 Å². The number of rotatable bonds is 7. The van der Waals surface area contributed by atoms with E-state index >= 15 is 0 Å². The van der Waals surface area contributed by atoms with Gasteiger partial charge in [0.25, 0.3) is 0 Å². The summed E-state index contributed by atoms with van der Waals surface area (Å²) in [7, 11) is 3.75. The molecule has 0 saturated heterocycles. The van der Waals surface area contributed by atoms with Crippen molar-refractivity contribution in [2.45, 2.75) is 62.6 Å². The molecule has 1 aliphatic carbocycles. The molecule has 0 spiro atoms. The summed E-state index contributed by atoms with van der Waals surface area (Å²) in [6, 6.07) is 8.01. The molecule has 1 fully saturated rings. The first-order valence-electron chi connectivity index (χ1n) is 11.3.